The van der Waals surface area contributed by atoms with Crippen molar-refractivity contribution in [1.29, 1.82) is 0 Å². The van der Waals surface area contributed by atoms with Crippen molar-refractivity contribution in [3.05, 3.63) is 23.8 Å². The average molecular weight is 398 g/mol. The van der Waals surface area contributed by atoms with Gasteiger partial charge in [0.2, 0.25) is 11.5 Å². The third-order valence-corrected chi connectivity index (χ3v) is 6.40. The van der Waals surface area contributed by atoms with Crippen LogP contribution in [-0.2, 0) is 23.9 Å². The normalized spacial score (nSPS) is 33.3. The lowest BCUT2D eigenvalue weighted by molar-refractivity contribution is -0.160. The van der Waals surface area contributed by atoms with Gasteiger partial charge in [0.1, 0.15) is 17.8 Å². The first kappa shape index (κ1) is 16.6. The molecule has 4 aliphatic rings. The lowest BCUT2D eigenvalue weighted by Crippen LogP contribution is -2.44. The number of carbonyl (C=O) groups is 4. The van der Waals surface area contributed by atoms with Gasteiger partial charge in [-0.3, -0.25) is 9.59 Å². The van der Waals surface area contributed by atoms with Crippen molar-refractivity contribution in [3.8, 4) is 11.5 Å². The van der Waals surface area contributed by atoms with E-state index in [-0.39, 0.29) is 34.2 Å². The number of esters is 4. The smallest absolute Gasteiger partial charge is 0.347 e. The summed E-state index contributed by atoms with van der Waals surface area (Å²) in [7, 11) is 0. The maximum Gasteiger partial charge on any atom is 0.347 e. The summed E-state index contributed by atoms with van der Waals surface area (Å²) >= 11 is 0. The van der Waals surface area contributed by atoms with Crippen LogP contribution in [0.1, 0.15) is 23.7 Å². The molecule has 2 aromatic rings. The Hall–Kier alpha value is -3.36. The molecule has 4 bridgehead atoms. The van der Waals surface area contributed by atoms with Crippen molar-refractivity contribution >= 4 is 35.0 Å². The van der Waals surface area contributed by atoms with Gasteiger partial charge >= 0.3 is 23.9 Å². The molecule has 0 aromatic carbocycles. The Morgan fingerprint density at radius 1 is 1.24 bits per heavy atom. The molecule has 2 aliphatic carbocycles. The highest BCUT2D eigenvalue weighted by Crippen LogP contribution is 2.59. The number of rotatable bonds is 4. The zero-order valence-corrected chi connectivity index (χ0v) is 15.1. The van der Waals surface area contributed by atoms with Crippen molar-refractivity contribution < 1.29 is 42.5 Å². The van der Waals surface area contributed by atoms with E-state index in [0.29, 0.717) is 12.0 Å². The molecule has 148 valence electrons. The first-order chi connectivity index (χ1) is 13.8. The lowest BCUT2D eigenvalue weighted by Gasteiger charge is -2.30. The molecule has 1 saturated heterocycles. The van der Waals surface area contributed by atoms with Crippen molar-refractivity contribution in [2.24, 2.45) is 23.7 Å². The largest absolute Gasteiger partial charge is 0.458 e. The molecule has 2 aliphatic heterocycles. The van der Waals surface area contributed by atoms with Gasteiger partial charge in [0.15, 0.2) is 11.2 Å². The van der Waals surface area contributed by atoms with E-state index in [1.807, 2.05) is 0 Å². The molecule has 2 saturated carbocycles. The third kappa shape index (κ3) is 1.94. The van der Waals surface area contributed by atoms with E-state index >= 15 is 0 Å². The van der Waals surface area contributed by atoms with E-state index in [4.69, 9.17) is 23.4 Å². The van der Waals surface area contributed by atoms with E-state index in [0.717, 1.165) is 0 Å². The first-order valence-corrected chi connectivity index (χ1v) is 9.25. The fourth-order valence-corrected chi connectivity index (χ4v) is 5.24. The number of fused-ring (bicyclic) bond motifs is 2. The summed E-state index contributed by atoms with van der Waals surface area (Å²) in [6.45, 7) is 5.08. The van der Waals surface area contributed by atoms with Crippen LogP contribution in [-0.4, -0.2) is 36.1 Å². The quantitative estimate of drug-likeness (QED) is 0.430. The van der Waals surface area contributed by atoms with Gasteiger partial charge in [-0.15, -0.1) is 0 Å². The van der Waals surface area contributed by atoms with Crippen LogP contribution >= 0.6 is 0 Å². The molecule has 29 heavy (non-hydrogen) atoms. The average Bonchev–Trinajstić information content (AvgIpc) is 3.44. The number of furan rings is 2. The third-order valence-electron chi connectivity index (χ3n) is 6.40. The van der Waals surface area contributed by atoms with Gasteiger partial charge in [-0.25, -0.2) is 9.59 Å². The van der Waals surface area contributed by atoms with Crippen LogP contribution < -0.4 is 9.47 Å². The van der Waals surface area contributed by atoms with Crippen molar-refractivity contribution in [2.45, 2.75) is 25.6 Å². The molecule has 2 aromatic heterocycles. The van der Waals surface area contributed by atoms with E-state index < -0.39 is 53.8 Å². The number of hydrogen-bond acceptors (Lipinski definition) is 9. The minimum atomic E-state index is -0.826. The summed E-state index contributed by atoms with van der Waals surface area (Å²) in [5, 5.41) is 0. The molecule has 4 heterocycles. The highest BCUT2D eigenvalue weighted by Gasteiger charge is 2.70. The molecule has 6 rings (SSSR count). The van der Waals surface area contributed by atoms with Crippen molar-refractivity contribution in [3.63, 3.8) is 0 Å². The minimum Gasteiger partial charge on any atom is -0.458 e. The molecule has 9 heteroatoms. The standard InChI is InChI=1S/C20H14O9/c1-5(2)17(21)26-12-6-3-7-10(19(23)27-13(7)12)11(6)20(24)28-15-9-4-8-14(25-9)16(15)29-18(8)22/h4,6-7,10-13H,1,3H2,2H3. The molecule has 0 amide bonds. The molecule has 9 nitrogen and oxygen atoms in total. The van der Waals surface area contributed by atoms with E-state index in [1.165, 1.54) is 13.0 Å². The number of benzene rings is 1. The Morgan fingerprint density at radius 3 is 2.79 bits per heavy atom. The number of carbonyl (C=O) groups excluding carboxylic acids is 4. The number of hydrogen-bond donors (Lipinski definition) is 0. The second-order valence-electron chi connectivity index (χ2n) is 7.99. The highest BCUT2D eigenvalue weighted by molar-refractivity contribution is 6.10. The summed E-state index contributed by atoms with van der Waals surface area (Å²) in [6.07, 6.45) is -0.759. The topological polar surface area (TPSA) is 118 Å². The first-order valence-electron chi connectivity index (χ1n) is 9.25. The van der Waals surface area contributed by atoms with Crippen LogP contribution in [0.2, 0.25) is 0 Å². The molecule has 0 radical (unpaired) electrons. The molecule has 0 N–H and O–H groups in total. The van der Waals surface area contributed by atoms with Gasteiger partial charge in [0, 0.05) is 23.5 Å². The van der Waals surface area contributed by atoms with E-state index in [9.17, 15) is 19.2 Å². The summed E-state index contributed by atoms with van der Waals surface area (Å²) in [5.41, 5.74) is 0.987. The predicted octanol–water partition coefficient (Wildman–Crippen LogP) is 1.60. The Bertz CT molecular complexity index is 1140. The van der Waals surface area contributed by atoms with Crippen LogP contribution in [0.4, 0.5) is 0 Å². The van der Waals surface area contributed by atoms with Gasteiger partial charge < -0.3 is 23.4 Å². The van der Waals surface area contributed by atoms with Crippen LogP contribution in [0.5, 0.6) is 11.5 Å². The molecule has 0 spiro atoms. The zero-order valence-electron chi connectivity index (χ0n) is 15.1. The van der Waals surface area contributed by atoms with Crippen LogP contribution in [0.15, 0.2) is 22.6 Å². The van der Waals surface area contributed by atoms with Crippen LogP contribution in [0, 0.1) is 23.7 Å². The SMILES string of the molecule is C=C(C)C(=O)OC1C2CC3C1OC(=O)C3C2C(=O)Oc1c2c3oc1cc3C(=O)O2. The fourth-order valence-electron chi connectivity index (χ4n) is 5.24. The second kappa shape index (κ2) is 5.16. The zero-order chi connectivity index (χ0) is 20.2. The van der Waals surface area contributed by atoms with E-state index in [1.54, 1.807) is 0 Å². The van der Waals surface area contributed by atoms with Gasteiger partial charge in [0.25, 0.3) is 0 Å². The van der Waals surface area contributed by atoms with Gasteiger partial charge in [-0.1, -0.05) is 6.58 Å². The van der Waals surface area contributed by atoms with Crippen molar-refractivity contribution in [2.75, 3.05) is 0 Å². The summed E-state index contributed by atoms with van der Waals surface area (Å²) in [5.74, 6) is -4.29. The maximum atomic E-state index is 13.1. The van der Waals surface area contributed by atoms with Gasteiger partial charge in [0.05, 0.1) is 11.8 Å². The fraction of sp³-hybridized carbons (Fsp3) is 0.400. The molecule has 3 fully saturated rings. The summed E-state index contributed by atoms with van der Waals surface area (Å²) in [6, 6.07) is 1.45. The monoisotopic (exact) mass is 398 g/mol. The lowest BCUT2D eigenvalue weighted by atomic mass is 9.78. The highest BCUT2D eigenvalue weighted by atomic mass is 16.6. The van der Waals surface area contributed by atoms with E-state index in [2.05, 4.69) is 6.58 Å². The maximum absolute atomic E-state index is 13.1. The van der Waals surface area contributed by atoms with Gasteiger partial charge in [-0.2, -0.15) is 0 Å². The Morgan fingerprint density at radius 2 is 2.03 bits per heavy atom. The Labute approximate surface area is 162 Å². The Kier molecular flexibility index (Phi) is 2.95. The van der Waals surface area contributed by atoms with Crippen LogP contribution in [0.3, 0.4) is 0 Å². The van der Waals surface area contributed by atoms with Crippen LogP contribution in [0.25, 0.3) is 11.2 Å². The molecule has 6 unspecified atom stereocenters. The Balaban J connectivity index is 1.30. The second-order valence-corrected chi connectivity index (χ2v) is 7.99. The van der Waals surface area contributed by atoms with Gasteiger partial charge in [-0.05, 0) is 13.3 Å². The summed E-state index contributed by atoms with van der Waals surface area (Å²) in [4.78, 5) is 49.2. The minimum absolute atomic E-state index is 0.0285. The summed E-state index contributed by atoms with van der Waals surface area (Å²) < 4.78 is 27.0. The molecular formula is C20H14O9. The molecular weight excluding hydrogens is 384 g/mol. The number of ether oxygens (including phenoxy) is 4. The molecule has 6 atom stereocenters. The van der Waals surface area contributed by atoms with Crippen molar-refractivity contribution in [1.82, 2.24) is 0 Å². The predicted molar refractivity (Wildman–Crippen MR) is 91.1 cm³/mol.